The van der Waals surface area contributed by atoms with Crippen molar-refractivity contribution in [2.75, 3.05) is 17.2 Å². The number of amides is 2. The number of thioether (sulfide) groups is 1. The first-order valence-corrected chi connectivity index (χ1v) is 14.8. The Morgan fingerprint density at radius 1 is 1.24 bits per heavy atom. The third kappa shape index (κ3) is 5.17. The molecule has 0 aromatic carbocycles. The van der Waals surface area contributed by atoms with Crippen molar-refractivity contribution < 1.29 is 28.9 Å². The fourth-order valence-corrected chi connectivity index (χ4v) is 6.94. The van der Waals surface area contributed by atoms with Crippen molar-refractivity contribution in [1.82, 2.24) is 29.2 Å². The summed E-state index contributed by atoms with van der Waals surface area (Å²) < 4.78 is 7.52. The maximum Gasteiger partial charge on any atom is 0.352 e. The second-order valence-electron chi connectivity index (χ2n) is 9.87. The molecule has 3 aliphatic rings. The van der Waals surface area contributed by atoms with Gasteiger partial charge in [-0.2, -0.15) is 9.36 Å². The molecule has 0 bridgehead atoms. The third-order valence-electron chi connectivity index (χ3n) is 7.15. The number of nitrogen functional groups attached to an aromatic ring is 2. The smallest absolute Gasteiger partial charge is 0.352 e. The molecule has 1 saturated heterocycles. The minimum absolute atomic E-state index is 0.00204. The lowest BCUT2D eigenvalue weighted by Crippen LogP contribution is -2.71. The molecule has 3 aromatic heterocycles. The van der Waals surface area contributed by atoms with Crippen molar-refractivity contribution in [3.05, 3.63) is 41.6 Å². The van der Waals surface area contributed by atoms with Gasteiger partial charge >= 0.3 is 11.6 Å². The van der Waals surface area contributed by atoms with E-state index in [0.717, 1.165) is 43.6 Å². The Kier molecular flexibility index (Phi) is 7.21. The van der Waals surface area contributed by atoms with E-state index in [0.29, 0.717) is 22.8 Å². The molecule has 6 rings (SSSR count). The number of hydrogen-bond donors (Lipinski definition) is 4. The SMILES string of the molecule is Nc1ccc2n(cc[n+]2CC2=C(C(=O)O)N3C(=O)[C@@H](NC(=O)/C(=N\OC4CCCCC4)c4nsc(N)n4)[C@H]3SC2)n1. The molecular formula is C24H27N10O5S2+. The van der Waals surface area contributed by atoms with Gasteiger partial charge in [0.05, 0.1) is 0 Å². The van der Waals surface area contributed by atoms with E-state index in [1.54, 1.807) is 29.0 Å². The monoisotopic (exact) mass is 599 g/mol. The predicted octanol–water partition coefficient (Wildman–Crippen LogP) is 0.130. The van der Waals surface area contributed by atoms with E-state index in [2.05, 4.69) is 24.9 Å². The molecule has 0 radical (unpaired) electrons. The summed E-state index contributed by atoms with van der Waals surface area (Å²) in [6, 6.07) is 2.47. The number of rotatable bonds is 8. The highest BCUT2D eigenvalue weighted by atomic mass is 32.2. The molecule has 1 saturated carbocycles. The second kappa shape index (κ2) is 11.0. The molecular weight excluding hydrogens is 572 g/mol. The van der Waals surface area contributed by atoms with Gasteiger partial charge in [0, 0.05) is 28.9 Å². The number of aromatic nitrogens is 5. The molecule has 3 aromatic rings. The standard InChI is InChI=1S/C24H26N10O5S2/c25-14-6-7-15-32(8-9-33(15)29-14)10-12-11-40-22-17(21(36)34(22)18(12)23(37)38)27-20(35)16(19-28-24(26)41-31-19)30-39-13-4-2-1-3-5-13/h6-9,13,17,22H,1-5,10-11H2,(H5-,25,26,27,28,29,31,35,37,38)/p+1/b30-16-/t17-,22-/m1/s1. The van der Waals surface area contributed by atoms with Crippen LogP contribution in [0, 0.1) is 0 Å². The molecule has 0 unspecified atom stereocenters. The van der Waals surface area contributed by atoms with Crippen molar-refractivity contribution in [3.8, 4) is 0 Å². The van der Waals surface area contributed by atoms with Gasteiger partial charge in [-0.1, -0.05) is 21.2 Å². The summed E-state index contributed by atoms with van der Waals surface area (Å²) in [7, 11) is 0. The van der Waals surface area contributed by atoms with Crippen molar-refractivity contribution in [1.29, 1.82) is 0 Å². The van der Waals surface area contributed by atoms with Gasteiger partial charge in [-0.3, -0.25) is 14.5 Å². The van der Waals surface area contributed by atoms with E-state index in [-0.39, 0.29) is 35.0 Å². The molecule has 41 heavy (non-hydrogen) atoms. The molecule has 5 heterocycles. The first-order valence-electron chi connectivity index (χ1n) is 13.0. The summed E-state index contributed by atoms with van der Waals surface area (Å²) in [5.74, 6) is -1.77. The van der Waals surface area contributed by atoms with Crippen LogP contribution < -0.4 is 21.4 Å². The first kappa shape index (κ1) is 26.9. The average Bonchev–Trinajstić information content (AvgIpc) is 3.57. The van der Waals surface area contributed by atoms with Crippen molar-refractivity contribution >= 4 is 63.4 Å². The van der Waals surface area contributed by atoms with Crippen LogP contribution in [0.15, 0.2) is 41.0 Å². The van der Waals surface area contributed by atoms with Gasteiger partial charge in [0.15, 0.2) is 17.1 Å². The highest BCUT2D eigenvalue weighted by Crippen LogP contribution is 2.40. The van der Waals surface area contributed by atoms with Crippen LogP contribution in [0.5, 0.6) is 0 Å². The maximum atomic E-state index is 13.3. The number of anilines is 2. The molecule has 0 spiro atoms. The van der Waals surface area contributed by atoms with E-state index >= 15 is 0 Å². The molecule has 2 aliphatic heterocycles. The number of β-lactam (4-membered cyclic amide) rings is 1. The highest BCUT2D eigenvalue weighted by Gasteiger charge is 2.54. The molecule has 15 nitrogen and oxygen atoms in total. The summed E-state index contributed by atoms with van der Waals surface area (Å²) in [6.07, 6.45) is 8.17. The Morgan fingerprint density at radius 3 is 2.78 bits per heavy atom. The van der Waals surface area contributed by atoms with Gasteiger partial charge in [0.1, 0.15) is 36.0 Å². The number of aliphatic carboxylic acids is 1. The summed E-state index contributed by atoms with van der Waals surface area (Å²) in [5, 5.41) is 20.6. The van der Waals surface area contributed by atoms with Gasteiger partial charge in [-0.15, -0.1) is 11.8 Å². The van der Waals surface area contributed by atoms with Crippen LogP contribution in [0.3, 0.4) is 0 Å². The average molecular weight is 600 g/mol. The minimum Gasteiger partial charge on any atom is -0.477 e. The number of oxime groups is 1. The van der Waals surface area contributed by atoms with E-state index in [9.17, 15) is 19.5 Å². The van der Waals surface area contributed by atoms with Gasteiger partial charge in [0.2, 0.25) is 11.5 Å². The lowest BCUT2D eigenvalue weighted by molar-refractivity contribution is -0.662. The fourth-order valence-electron chi connectivity index (χ4n) is 5.17. The normalized spacial score (nSPS) is 21.5. The zero-order chi connectivity index (χ0) is 28.7. The van der Waals surface area contributed by atoms with Crippen LogP contribution in [0.4, 0.5) is 10.9 Å². The van der Waals surface area contributed by atoms with Crippen LogP contribution in [-0.4, -0.2) is 75.7 Å². The molecule has 2 fully saturated rings. The predicted molar refractivity (Wildman–Crippen MR) is 148 cm³/mol. The van der Waals surface area contributed by atoms with E-state index in [4.69, 9.17) is 16.3 Å². The van der Waals surface area contributed by atoms with Gasteiger partial charge in [-0.25, -0.2) is 9.36 Å². The van der Waals surface area contributed by atoms with Gasteiger partial charge < -0.3 is 26.7 Å². The topological polar surface area (TPSA) is 207 Å². The zero-order valence-corrected chi connectivity index (χ0v) is 23.3. The Morgan fingerprint density at radius 2 is 2.05 bits per heavy atom. The van der Waals surface area contributed by atoms with E-state index in [1.807, 2.05) is 4.57 Å². The van der Waals surface area contributed by atoms with E-state index in [1.165, 1.54) is 16.7 Å². The summed E-state index contributed by atoms with van der Waals surface area (Å²) in [4.78, 5) is 49.9. The van der Waals surface area contributed by atoms with Gasteiger partial charge in [-0.05, 0) is 31.7 Å². The van der Waals surface area contributed by atoms with Crippen LogP contribution >= 0.6 is 23.3 Å². The van der Waals surface area contributed by atoms with Crippen molar-refractivity contribution in [2.24, 2.45) is 5.16 Å². The zero-order valence-electron chi connectivity index (χ0n) is 21.7. The number of nitrogens with zero attached hydrogens (tertiary/aromatic N) is 7. The lowest BCUT2D eigenvalue weighted by atomic mass is 9.98. The number of nitrogens with two attached hydrogens (primary N) is 2. The highest BCUT2D eigenvalue weighted by molar-refractivity contribution is 8.00. The molecule has 2 amide bonds. The fraction of sp³-hybridized carbons (Fsp3) is 0.417. The maximum absolute atomic E-state index is 13.3. The Balaban J connectivity index is 1.20. The van der Waals surface area contributed by atoms with Crippen molar-refractivity contribution in [3.63, 3.8) is 0 Å². The molecule has 6 N–H and O–H groups in total. The van der Waals surface area contributed by atoms with Crippen molar-refractivity contribution in [2.45, 2.75) is 56.2 Å². The van der Waals surface area contributed by atoms with Crippen LogP contribution in [-0.2, 0) is 25.8 Å². The summed E-state index contributed by atoms with van der Waals surface area (Å²) >= 11 is 2.28. The lowest BCUT2D eigenvalue weighted by Gasteiger charge is -2.49. The molecule has 1 aliphatic carbocycles. The number of carbonyl (C=O) groups excluding carboxylic acids is 2. The van der Waals surface area contributed by atoms with Crippen LogP contribution in [0.25, 0.3) is 5.65 Å². The van der Waals surface area contributed by atoms with Gasteiger partial charge in [0.25, 0.3) is 11.8 Å². The first-order chi connectivity index (χ1) is 19.8. The quantitative estimate of drug-likeness (QED) is 0.118. The Bertz CT molecular complexity index is 1590. The Labute approximate surface area is 241 Å². The van der Waals surface area contributed by atoms with E-state index < -0.39 is 29.2 Å². The third-order valence-corrected chi connectivity index (χ3v) is 9.04. The molecule has 17 heteroatoms. The Hall–Kier alpha value is -4.25. The summed E-state index contributed by atoms with van der Waals surface area (Å²) in [6.45, 7) is 0.233. The molecule has 2 atom stereocenters. The summed E-state index contributed by atoms with van der Waals surface area (Å²) in [5.41, 5.74) is 12.5. The number of carbonyl (C=O) groups is 3. The largest absolute Gasteiger partial charge is 0.477 e. The number of hydrogen-bond acceptors (Lipinski definition) is 12. The van der Waals surface area contributed by atoms with Crippen LogP contribution in [0.1, 0.15) is 37.9 Å². The van der Waals surface area contributed by atoms with Crippen LogP contribution in [0.2, 0.25) is 0 Å². The number of carboxylic acid groups (broad SMARTS) is 1. The number of nitrogens with one attached hydrogen (secondary N) is 1. The number of fused-ring (bicyclic) bond motifs is 2. The number of imidazole rings is 1. The second-order valence-corrected chi connectivity index (χ2v) is 11.8. The number of carboxylic acids is 1. The molecule has 214 valence electrons. The minimum atomic E-state index is -1.22.